The summed E-state index contributed by atoms with van der Waals surface area (Å²) in [4.78, 5) is 14.2. The molecule has 0 bridgehead atoms. The standard InChI is InChI=1S/C21H21NOS/c1-16-12-13-20(24-16)21(23)22-15-14-19(17-8-4-2-5-9-17)18-10-6-3-7-11-18/h2-13,19H,14-15H2,1H3,(H,22,23). The molecule has 1 aromatic heterocycles. The first-order chi connectivity index (χ1) is 11.7. The summed E-state index contributed by atoms with van der Waals surface area (Å²) in [5.41, 5.74) is 2.56. The van der Waals surface area contributed by atoms with Crippen LogP contribution >= 0.6 is 11.3 Å². The van der Waals surface area contributed by atoms with Gasteiger partial charge in [0.2, 0.25) is 0 Å². The normalized spacial score (nSPS) is 10.8. The first-order valence-electron chi connectivity index (χ1n) is 8.18. The van der Waals surface area contributed by atoms with Crippen molar-refractivity contribution >= 4 is 17.2 Å². The van der Waals surface area contributed by atoms with Gasteiger partial charge < -0.3 is 5.32 Å². The van der Waals surface area contributed by atoms with E-state index in [1.807, 2.05) is 31.2 Å². The lowest BCUT2D eigenvalue weighted by molar-refractivity contribution is 0.0957. The van der Waals surface area contributed by atoms with Gasteiger partial charge in [0.05, 0.1) is 4.88 Å². The molecule has 1 amide bonds. The quantitative estimate of drug-likeness (QED) is 0.674. The average molecular weight is 335 g/mol. The van der Waals surface area contributed by atoms with Crippen LogP contribution in [0.1, 0.15) is 38.0 Å². The maximum absolute atomic E-state index is 12.2. The van der Waals surface area contributed by atoms with E-state index in [-0.39, 0.29) is 11.8 Å². The zero-order valence-corrected chi connectivity index (χ0v) is 14.6. The zero-order chi connectivity index (χ0) is 16.8. The summed E-state index contributed by atoms with van der Waals surface area (Å²) in [6, 6.07) is 24.8. The van der Waals surface area contributed by atoms with Crippen LogP contribution in [0.4, 0.5) is 0 Å². The molecule has 2 nitrogen and oxygen atoms in total. The van der Waals surface area contributed by atoms with Crippen LogP contribution in [0.15, 0.2) is 72.8 Å². The Morgan fingerprint density at radius 1 is 0.917 bits per heavy atom. The van der Waals surface area contributed by atoms with Crippen LogP contribution in [0, 0.1) is 6.92 Å². The molecule has 2 aromatic carbocycles. The first-order valence-corrected chi connectivity index (χ1v) is 9.00. The van der Waals surface area contributed by atoms with Gasteiger partial charge in [-0.2, -0.15) is 0 Å². The van der Waals surface area contributed by atoms with Gasteiger partial charge in [0.15, 0.2) is 0 Å². The molecular weight excluding hydrogens is 314 g/mol. The van der Waals surface area contributed by atoms with Crippen LogP contribution in [-0.2, 0) is 0 Å². The van der Waals surface area contributed by atoms with Crippen molar-refractivity contribution in [2.75, 3.05) is 6.54 Å². The van der Waals surface area contributed by atoms with Crippen molar-refractivity contribution in [3.8, 4) is 0 Å². The van der Waals surface area contributed by atoms with E-state index in [2.05, 4.69) is 53.8 Å². The molecule has 0 saturated heterocycles. The fraction of sp³-hybridized carbons (Fsp3) is 0.190. The third-order valence-electron chi connectivity index (χ3n) is 4.09. The molecule has 0 aliphatic carbocycles. The maximum Gasteiger partial charge on any atom is 0.261 e. The van der Waals surface area contributed by atoms with Gasteiger partial charge in [-0.15, -0.1) is 11.3 Å². The van der Waals surface area contributed by atoms with Gasteiger partial charge >= 0.3 is 0 Å². The molecule has 0 atom stereocenters. The fourth-order valence-electron chi connectivity index (χ4n) is 2.87. The second kappa shape index (κ2) is 7.93. The molecule has 3 rings (SSSR count). The van der Waals surface area contributed by atoms with E-state index >= 15 is 0 Å². The van der Waals surface area contributed by atoms with Crippen molar-refractivity contribution in [2.45, 2.75) is 19.3 Å². The highest BCUT2D eigenvalue weighted by Gasteiger charge is 2.14. The third kappa shape index (κ3) is 4.12. The SMILES string of the molecule is Cc1ccc(C(=O)NCCC(c2ccccc2)c2ccccc2)s1. The molecule has 0 saturated carbocycles. The molecule has 0 spiro atoms. The number of benzene rings is 2. The molecule has 122 valence electrons. The first kappa shape index (κ1) is 16.5. The van der Waals surface area contributed by atoms with Crippen molar-refractivity contribution in [1.29, 1.82) is 0 Å². The number of thiophene rings is 1. The van der Waals surface area contributed by atoms with Crippen molar-refractivity contribution in [3.63, 3.8) is 0 Å². The summed E-state index contributed by atoms with van der Waals surface area (Å²) < 4.78 is 0. The van der Waals surface area contributed by atoms with Crippen LogP contribution in [0.25, 0.3) is 0 Å². The van der Waals surface area contributed by atoms with E-state index < -0.39 is 0 Å². The van der Waals surface area contributed by atoms with Crippen LogP contribution < -0.4 is 5.32 Å². The minimum Gasteiger partial charge on any atom is -0.351 e. The fourth-order valence-corrected chi connectivity index (χ4v) is 3.65. The predicted octanol–water partition coefficient (Wildman–Crippen LogP) is 5.01. The zero-order valence-electron chi connectivity index (χ0n) is 13.7. The number of amides is 1. The minimum absolute atomic E-state index is 0.0213. The Kier molecular flexibility index (Phi) is 5.44. The van der Waals surface area contributed by atoms with E-state index in [0.717, 1.165) is 16.2 Å². The summed E-state index contributed by atoms with van der Waals surface area (Å²) in [7, 11) is 0. The van der Waals surface area contributed by atoms with E-state index in [4.69, 9.17) is 0 Å². The van der Waals surface area contributed by atoms with Gasteiger partial charge in [-0.1, -0.05) is 60.7 Å². The minimum atomic E-state index is 0.0213. The second-order valence-electron chi connectivity index (χ2n) is 5.83. The average Bonchev–Trinajstić information content (AvgIpc) is 3.07. The maximum atomic E-state index is 12.2. The lowest BCUT2D eigenvalue weighted by atomic mass is 9.88. The van der Waals surface area contributed by atoms with Crippen LogP contribution in [0.2, 0.25) is 0 Å². The third-order valence-corrected chi connectivity index (χ3v) is 5.09. The highest BCUT2D eigenvalue weighted by molar-refractivity contribution is 7.13. The predicted molar refractivity (Wildman–Crippen MR) is 101 cm³/mol. The molecule has 24 heavy (non-hydrogen) atoms. The molecule has 3 heteroatoms. The van der Waals surface area contributed by atoms with E-state index in [9.17, 15) is 4.79 Å². The van der Waals surface area contributed by atoms with Crippen LogP contribution in [0.5, 0.6) is 0 Å². The lowest BCUT2D eigenvalue weighted by Gasteiger charge is -2.18. The van der Waals surface area contributed by atoms with Crippen molar-refractivity contribution < 1.29 is 4.79 Å². The summed E-state index contributed by atoms with van der Waals surface area (Å²) in [6.07, 6.45) is 0.879. The number of hydrogen-bond acceptors (Lipinski definition) is 2. The largest absolute Gasteiger partial charge is 0.351 e. The van der Waals surface area contributed by atoms with Crippen molar-refractivity contribution in [2.24, 2.45) is 0 Å². The molecule has 3 aromatic rings. The summed E-state index contributed by atoms with van der Waals surface area (Å²) in [6.45, 7) is 2.67. The topological polar surface area (TPSA) is 29.1 Å². The van der Waals surface area contributed by atoms with Crippen molar-refractivity contribution in [1.82, 2.24) is 5.32 Å². The lowest BCUT2D eigenvalue weighted by Crippen LogP contribution is -2.25. The number of aryl methyl sites for hydroxylation is 1. The summed E-state index contributed by atoms with van der Waals surface area (Å²) in [5, 5.41) is 3.05. The number of carbonyl (C=O) groups excluding carboxylic acids is 1. The number of hydrogen-bond donors (Lipinski definition) is 1. The highest BCUT2D eigenvalue weighted by atomic mass is 32.1. The van der Waals surface area contributed by atoms with E-state index in [1.165, 1.54) is 22.5 Å². The molecular formula is C21H21NOS. The summed E-state index contributed by atoms with van der Waals surface area (Å²) >= 11 is 1.54. The molecule has 0 aliphatic heterocycles. The van der Waals surface area contributed by atoms with Gasteiger partial charge in [-0.05, 0) is 36.6 Å². The monoisotopic (exact) mass is 335 g/mol. The summed E-state index contributed by atoms with van der Waals surface area (Å²) in [5.74, 6) is 0.311. The molecule has 0 fully saturated rings. The van der Waals surface area contributed by atoms with Crippen LogP contribution in [0.3, 0.4) is 0 Å². The van der Waals surface area contributed by atoms with Crippen molar-refractivity contribution in [3.05, 3.63) is 93.7 Å². The Balaban J connectivity index is 1.68. The van der Waals surface area contributed by atoms with Gasteiger partial charge in [-0.3, -0.25) is 4.79 Å². The van der Waals surface area contributed by atoms with Gasteiger partial charge in [0.25, 0.3) is 5.91 Å². The van der Waals surface area contributed by atoms with E-state index in [0.29, 0.717) is 6.54 Å². The molecule has 0 unspecified atom stereocenters. The Hall–Kier alpha value is -2.39. The Labute approximate surface area is 147 Å². The van der Waals surface area contributed by atoms with Crippen LogP contribution in [-0.4, -0.2) is 12.5 Å². The molecule has 0 aliphatic rings. The Bertz CT molecular complexity index is 740. The number of carbonyl (C=O) groups is 1. The van der Waals surface area contributed by atoms with Gasteiger partial charge in [0, 0.05) is 17.3 Å². The van der Waals surface area contributed by atoms with Gasteiger partial charge in [0.1, 0.15) is 0 Å². The van der Waals surface area contributed by atoms with Gasteiger partial charge in [-0.25, -0.2) is 0 Å². The smallest absolute Gasteiger partial charge is 0.261 e. The van der Waals surface area contributed by atoms with E-state index in [1.54, 1.807) is 0 Å². The Morgan fingerprint density at radius 2 is 1.50 bits per heavy atom. The second-order valence-corrected chi connectivity index (χ2v) is 7.12. The Morgan fingerprint density at radius 3 is 2.00 bits per heavy atom. The molecule has 1 heterocycles. The number of rotatable bonds is 6. The number of nitrogens with one attached hydrogen (secondary N) is 1. The highest BCUT2D eigenvalue weighted by Crippen LogP contribution is 2.27. The molecule has 0 radical (unpaired) electrons. The molecule has 1 N–H and O–H groups in total.